The summed E-state index contributed by atoms with van der Waals surface area (Å²) >= 11 is 0. The number of likely N-dealkylation sites (N-methyl/N-ethyl adjacent to an activating group) is 1. The third-order valence-corrected chi connectivity index (χ3v) is 8.17. The van der Waals surface area contributed by atoms with Gasteiger partial charge in [-0.05, 0) is 55.8 Å². The second-order valence-electron chi connectivity index (χ2n) is 12.3. The van der Waals surface area contributed by atoms with Gasteiger partial charge in [0.1, 0.15) is 36.8 Å². The molecule has 12 heteroatoms. The van der Waals surface area contributed by atoms with Gasteiger partial charge >= 0.3 is 0 Å². The van der Waals surface area contributed by atoms with Crippen molar-refractivity contribution in [2.24, 2.45) is 0 Å². The van der Waals surface area contributed by atoms with Crippen LogP contribution in [0.2, 0.25) is 0 Å². The molecule has 0 saturated carbocycles. The van der Waals surface area contributed by atoms with Crippen LogP contribution in [0.3, 0.4) is 0 Å². The summed E-state index contributed by atoms with van der Waals surface area (Å²) in [5, 5.41) is 8.19. The van der Waals surface area contributed by atoms with E-state index in [4.69, 9.17) is 14.2 Å². The van der Waals surface area contributed by atoms with Gasteiger partial charge in [0.15, 0.2) is 17.3 Å². The van der Waals surface area contributed by atoms with E-state index in [1.807, 2.05) is 49.4 Å². The molecule has 0 aromatic heterocycles. The number of amides is 4. The summed E-state index contributed by atoms with van der Waals surface area (Å²) in [6.45, 7) is 3.69. The van der Waals surface area contributed by atoms with Crippen LogP contribution in [0.5, 0.6) is 23.0 Å². The number of hydrogen-bond acceptors (Lipinski definition) is 7. The number of aryl methyl sites for hydroxylation is 1. The van der Waals surface area contributed by atoms with Gasteiger partial charge in [0.05, 0.1) is 24.6 Å². The van der Waals surface area contributed by atoms with Crippen LogP contribution in [0, 0.1) is 12.7 Å². The standard InChI is InChI=1S/C39H41FN4O7/c1-25-16-18-28(19-17-25)51-34-15-9-13-30(40)36(34)50-24-26(2)41-38(47)31-23-35(45)42-32(22-27-10-5-4-6-11-27)39(48)44(3)20-21-49-33-14-8-7-12-29(33)37(46)43-31/h4-19,26,31-32H,20-24H2,1-3H3,(H,41,47)(H,42,45)(H,43,46)/t26-,31+,32+/m1/s1. The number of carbonyl (C=O) groups excluding carboxylic acids is 4. The van der Waals surface area contributed by atoms with Crippen molar-refractivity contribution < 1.29 is 37.8 Å². The van der Waals surface area contributed by atoms with Crippen LogP contribution in [0.25, 0.3) is 0 Å². The molecule has 0 saturated heterocycles. The molecule has 1 aliphatic rings. The van der Waals surface area contributed by atoms with Crippen LogP contribution >= 0.6 is 0 Å². The lowest BCUT2D eigenvalue weighted by Crippen LogP contribution is -2.54. The molecule has 11 nitrogen and oxygen atoms in total. The lowest BCUT2D eigenvalue weighted by Gasteiger charge is -2.27. The minimum Gasteiger partial charge on any atom is -0.491 e. The molecule has 4 aromatic carbocycles. The molecule has 5 rings (SSSR count). The van der Waals surface area contributed by atoms with Crippen molar-refractivity contribution in [2.45, 2.75) is 44.8 Å². The zero-order valence-electron chi connectivity index (χ0n) is 28.7. The van der Waals surface area contributed by atoms with Gasteiger partial charge in [0, 0.05) is 13.5 Å². The van der Waals surface area contributed by atoms with Gasteiger partial charge in [0.25, 0.3) is 5.91 Å². The molecule has 0 aliphatic carbocycles. The fourth-order valence-electron chi connectivity index (χ4n) is 5.42. The van der Waals surface area contributed by atoms with Crippen molar-refractivity contribution in [3.05, 3.63) is 120 Å². The van der Waals surface area contributed by atoms with Crippen molar-refractivity contribution >= 4 is 23.6 Å². The summed E-state index contributed by atoms with van der Waals surface area (Å²) in [5.74, 6) is -2.16. The molecule has 51 heavy (non-hydrogen) atoms. The van der Waals surface area contributed by atoms with Gasteiger partial charge in [-0.25, -0.2) is 4.39 Å². The summed E-state index contributed by atoms with van der Waals surface area (Å²) in [7, 11) is 1.61. The van der Waals surface area contributed by atoms with Gasteiger partial charge in [-0.2, -0.15) is 0 Å². The summed E-state index contributed by atoms with van der Waals surface area (Å²) in [4.78, 5) is 55.7. The molecule has 4 amide bonds. The van der Waals surface area contributed by atoms with Crippen LogP contribution in [0.4, 0.5) is 4.39 Å². The van der Waals surface area contributed by atoms with E-state index in [0.29, 0.717) is 5.75 Å². The number of para-hydroxylation sites is 2. The number of rotatable bonds is 9. The molecule has 266 valence electrons. The number of carbonyl (C=O) groups is 4. The lowest BCUT2D eigenvalue weighted by atomic mass is 10.0. The van der Waals surface area contributed by atoms with E-state index in [1.54, 1.807) is 50.4 Å². The highest BCUT2D eigenvalue weighted by atomic mass is 19.1. The second kappa shape index (κ2) is 17.1. The van der Waals surface area contributed by atoms with Crippen molar-refractivity contribution in [1.82, 2.24) is 20.9 Å². The Bertz CT molecular complexity index is 1840. The van der Waals surface area contributed by atoms with Gasteiger partial charge < -0.3 is 35.1 Å². The topological polar surface area (TPSA) is 135 Å². The zero-order chi connectivity index (χ0) is 36.3. The smallest absolute Gasteiger partial charge is 0.255 e. The van der Waals surface area contributed by atoms with Crippen LogP contribution in [0.1, 0.15) is 34.8 Å². The van der Waals surface area contributed by atoms with E-state index >= 15 is 0 Å². The Balaban J connectivity index is 1.32. The maximum Gasteiger partial charge on any atom is 0.255 e. The average Bonchev–Trinajstić information content (AvgIpc) is 3.11. The molecular weight excluding hydrogens is 655 g/mol. The Morgan fingerprint density at radius 3 is 2.45 bits per heavy atom. The van der Waals surface area contributed by atoms with Gasteiger partial charge in [-0.1, -0.05) is 66.2 Å². The first-order valence-electron chi connectivity index (χ1n) is 16.6. The van der Waals surface area contributed by atoms with Gasteiger partial charge in [-0.15, -0.1) is 0 Å². The Morgan fingerprint density at radius 2 is 1.69 bits per heavy atom. The first-order valence-corrected chi connectivity index (χ1v) is 16.6. The van der Waals surface area contributed by atoms with E-state index in [9.17, 15) is 23.6 Å². The normalized spacial score (nSPS) is 17.5. The second-order valence-corrected chi connectivity index (χ2v) is 12.3. The Morgan fingerprint density at radius 1 is 0.961 bits per heavy atom. The largest absolute Gasteiger partial charge is 0.491 e. The predicted molar refractivity (Wildman–Crippen MR) is 188 cm³/mol. The Hall–Kier alpha value is -5.91. The number of nitrogens with one attached hydrogen (secondary N) is 3. The molecule has 0 spiro atoms. The van der Waals surface area contributed by atoms with Crippen molar-refractivity contribution in [1.29, 1.82) is 0 Å². The zero-order valence-corrected chi connectivity index (χ0v) is 28.7. The quantitative estimate of drug-likeness (QED) is 0.233. The minimum absolute atomic E-state index is 0.0831. The Kier molecular flexibility index (Phi) is 12.2. The SMILES string of the molecule is Cc1ccc(Oc2cccc(F)c2OC[C@@H](C)NC(=O)[C@@H]2CC(=O)N[C@@H](Cc3ccccc3)C(=O)N(C)CCOc3ccccc3C(=O)N2)cc1. The fourth-order valence-corrected chi connectivity index (χ4v) is 5.42. The molecule has 0 fully saturated rings. The highest BCUT2D eigenvalue weighted by molar-refractivity contribution is 6.01. The van der Waals surface area contributed by atoms with Crippen LogP contribution < -0.4 is 30.2 Å². The molecule has 0 bridgehead atoms. The lowest BCUT2D eigenvalue weighted by molar-refractivity contribution is -0.136. The van der Waals surface area contributed by atoms with Crippen molar-refractivity contribution in [3.8, 4) is 23.0 Å². The molecule has 4 aromatic rings. The minimum atomic E-state index is -1.35. The monoisotopic (exact) mass is 696 g/mol. The van der Waals surface area contributed by atoms with Gasteiger partial charge in [-0.3, -0.25) is 19.2 Å². The number of halogens is 1. The summed E-state index contributed by atoms with van der Waals surface area (Å²) < 4.78 is 32.5. The Labute approximate surface area is 296 Å². The average molecular weight is 697 g/mol. The van der Waals surface area contributed by atoms with Crippen LogP contribution in [-0.4, -0.2) is 73.5 Å². The highest BCUT2D eigenvalue weighted by Gasteiger charge is 2.31. The summed E-state index contributed by atoms with van der Waals surface area (Å²) in [6.07, 6.45) is -0.263. The van der Waals surface area contributed by atoms with Crippen molar-refractivity contribution in [2.75, 3.05) is 26.8 Å². The first kappa shape index (κ1) is 36.4. The number of ether oxygens (including phenoxy) is 3. The molecule has 1 heterocycles. The third-order valence-electron chi connectivity index (χ3n) is 8.17. The van der Waals surface area contributed by atoms with Crippen LogP contribution in [-0.2, 0) is 20.8 Å². The molecule has 3 atom stereocenters. The fraction of sp³-hybridized carbons (Fsp3) is 0.282. The number of nitrogens with zero attached hydrogens (tertiary/aromatic N) is 1. The number of benzene rings is 4. The summed E-state index contributed by atoms with van der Waals surface area (Å²) in [6, 6.07) is 24.3. The first-order chi connectivity index (χ1) is 24.6. The van der Waals surface area contributed by atoms with Crippen molar-refractivity contribution in [3.63, 3.8) is 0 Å². The van der Waals surface area contributed by atoms with E-state index in [2.05, 4.69) is 16.0 Å². The molecule has 3 N–H and O–H groups in total. The maximum atomic E-state index is 14.9. The molecule has 0 radical (unpaired) electrons. The molecule has 1 aliphatic heterocycles. The summed E-state index contributed by atoms with van der Waals surface area (Å²) in [5.41, 5.74) is 2.02. The number of fused-ring (bicyclic) bond motifs is 1. The number of hydrogen-bond donors (Lipinski definition) is 3. The third kappa shape index (κ3) is 10.1. The van der Waals surface area contributed by atoms with Crippen LogP contribution in [0.15, 0.2) is 97.1 Å². The predicted octanol–water partition coefficient (Wildman–Crippen LogP) is 4.58. The maximum absolute atomic E-state index is 14.9. The molecular formula is C39H41FN4O7. The highest BCUT2D eigenvalue weighted by Crippen LogP contribution is 2.34. The van der Waals surface area contributed by atoms with E-state index in [0.717, 1.165) is 11.1 Å². The van der Waals surface area contributed by atoms with E-state index in [1.165, 1.54) is 23.1 Å². The van der Waals surface area contributed by atoms with E-state index in [-0.39, 0.29) is 54.9 Å². The van der Waals surface area contributed by atoms with Gasteiger partial charge in [0.2, 0.25) is 17.7 Å². The molecule has 0 unspecified atom stereocenters. The van der Waals surface area contributed by atoms with E-state index < -0.39 is 48.1 Å².